The number of aromatic nitrogens is 7. The zero-order valence-electron chi connectivity index (χ0n) is 17.1. The van der Waals surface area contributed by atoms with Gasteiger partial charge >= 0.3 is 18.5 Å². The molecule has 1 N–H and O–H groups in total. The van der Waals surface area contributed by atoms with E-state index in [9.17, 15) is 17.6 Å². The van der Waals surface area contributed by atoms with Crippen molar-refractivity contribution in [3.63, 3.8) is 0 Å². The van der Waals surface area contributed by atoms with E-state index in [0.29, 0.717) is 24.4 Å². The van der Waals surface area contributed by atoms with Gasteiger partial charge in [0.05, 0.1) is 16.8 Å². The van der Waals surface area contributed by atoms with Gasteiger partial charge < -0.3 is 9.32 Å². The van der Waals surface area contributed by atoms with Crippen LogP contribution in [0.1, 0.15) is 28.8 Å². The molecule has 0 saturated carbocycles. The predicted octanol–water partition coefficient (Wildman–Crippen LogP) is 2.82. The number of pyridine rings is 2. The number of alkyl halides is 3. The van der Waals surface area contributed by atoms with Crippen LogP contribution < -0.4 is 9.88 Å². The Labute approximate surface area is 188 Å². The molecule has 34 heavy (non-hydrogen) atoms. The van der Waals surface area contributed by atoms with Crippen molar-refractivity contribution < 1.29 is 27.0 Å². The second-order valence-corrected chi connectivity index (χ2v) is 7.60. The van der Waals surface area contributed by atoms with Crippen LogP contribution in [-0.4, -0.2) is 36.3 Å². The number of nitrogens with zero attached hydrogens (tertiary/aromatic N) is 7. The van der Waals surface area contributed by atoms with Crippen LogP contribution in [0, 0.1) is 12.3 Å². The lowest BCUT2D eigenvalue weighted by molar-refractivity contribution is -0.308. The van der Waals surface area contributed by atoms with Gasteiger partial charge in [0.15, 0.2) is 11.7 Å². The van der Waals surface area contributed by atoms with Gasteiger partial charge in [-0.25, -0.2) is 9.50 Å². The van der Waals surface area contributed by atoms with Crippen LogP contribution in [0.3, 0.4) is 0 Å². The zero-order valence-corrected chi connectivity index (χ0v) is 17.1. The normalized spacial score (nSPS) is 16.0. The number of anilines is 1. The van der Waals surface area contributed by atoms with Gasteiger partial charge in [0.2, 0.25) is 5.95 Å². The molecule has 13 heteroatoms. The van der Waals surface area contributed by atoms with Gasteiger partial charge in [-0.1, -0.05) is 11.2 Å². The van der Waals surface area contributed by atoms with E-state index in [-0.39, 0.29) is 23.0 Å². The molecule has 1 aliphatic rings. The topological polar surface area (TPSA) is 102 Å². The summed E-state index contributed by atoms with van der Waals surface area (Å²) in [6.07, 6.45) is -0.0957. The molecule has 5 aromatic rings. The van der Waals surface area contributed by atoms with E-state index in [1.54, 1.807) is 11.0 Å². The highest BCUT2D eigenvalue weighted by Gasteiger charge is 2.42. The largest absolute Gasteiger partial charge is 0.433 e. The third kappa shape index (κ3) is 3.14. The van der Waals surface area contributed by atoms with Crippen molar-refractivity contribution in [2.75, 3.05) is 11.4 Å². The van der Waals surface area contributed by atoms with Crippen LogP contribution in [0.25, 0.3) is 17.0 Å². The Morgan fingerprint density at radius 3 is 2.88 bits per heavy atom. The maximum Gasteiger partial charge on any atom is 0.433 e. The first-order valence-electron chi connectivity index (χ1n) is 10.1. The molecule has 9 nitrogen and oxygen atoms in total. The third-order valence-corrected chi connectivity index (χ3v) is 5.59. The predicted molar refractivity (Wildman–Crippen MR) is 106 cm³/mol. The lowest BCUT2D eigenvalue weighted by Gasteiger charge is -2.28. The standard InChI is InChI=1S/C21H12F4N8O/c22-18-12(4-2-7-26-18)19-29-30-20(34-19)32-8-6-13-16(28-10-27-13)17(32)14-9-11-3-1-5-15(21(23,24)25)33(11)31-14/h1-5,7,9,17H,6,8H2/p+1/t17-/m0/s1. The summed E-state index contributed by atoms with van der Waals surface area (Å²) in [6.45, 7) is 0.366. The van der Waals surface area contributed by atoms with E-state index in [2.05, 4.69) is 36.6 Å². The number of fused-ring (bicyclic) bond motifs is 2. The molecule has 5 aromatic heterocycles. The number of rotatable bonds is 3. The first kappa shape index (κ1) is 20.2. The van der Waals surface area contributed by atoms with Crippen molar-refractivity contribution in [3.05, 3.63) is 77.6 Å². The van der Waals surface area contributed by atoms with Gasteiger partial charge in [0.25, 0.3) is 11.6 Å². The average molecular weight is 469 g/mol. The molecule has 6 heterocycles. The Kier molecular flexibility index (Phi) is 4.31. The lowest BCUT2D eigenvalue weighted by Crippen LogP contribution is -2.38. The fourth-order valence-electron chi connectivity index (χ4n) is 4.09. The van der Waals surface area contributed by atoms with Crippen LogP contribution in [0.4, 0.5) is 23.6 Å². The van der Waals surface area contributed by atoms with E-state index in [1.165, 1.54) is 30.5 Å². The molecule has 0 aliphatic carbocycles. The highest BCUT2D eigenvalue weighted by Crippen LogP contribution is 2.37. The van der Waals surface area contributed by atoms with Crippen LogP contribution >= 0.6 is 0 Å². The van der Waals surface area contributed by atoms with Gasteiger partial charge in [0.1, 0.15) is 5.69 Å². The summed E-state index contributed by atoms with van der Waals surface area (Å²) < 4.78 is 61.3. The monoisotopic (exact) mass is 469 g/mol. The minimum absolute atomic E-state index is 0.0335. The molecule has 0 radical (unpaired) electrons. The first-order valence-corrected chi connectivity index (χ1v) is 10.1. The Morgan fingerprint density at radius 1 is 1.18 bits per heavy atom. The number of halogens is 4. The quantitative estimate of drug-likeness (QED) is 0.320. The number of aromatic amines is 1. The fourth-order valence-corrected chi connectivity index (χ4v) is 4.09. The second-order valence-electron chi connectivity index (χ2n) is 7.60. The van der Waals surface area contributed by atoms with Crippen LogP contribution in [0.5, 0.6) is 0 Å². The van der Waals surface area contributed by atoms with Crippen molar-refractivity contribution in [1.29, 1.82) is 0 Å². The molecule has 0 spiro atoms. The van der Waals surface area contributed by atoms with Gasteiger partial charge in [-0.3, -0.25) is 0 Å². The molecule has 1 aliphatic heterocycles. The van der Waals surface area contributed by atoms with Crippen molar-refractivity contribution in [3.8, 4) is 11.5 Å². The summed E-state index contributed by atoms with van der Waals surface area (Å²) in [7, 11) is 0. The Hall–Kier alpha value is -4.47. The van der Waals surface area contributed by atoms with Crippen molar-refractivity contribution in [2.24, 2.45) is 0 Å². The van der Waals surface area contributed by atoms with E-state index >= 15 is 0 Å². The van der Waals surface area contributed by atoms with Crippen LogP contribution in [0.2, 0.25) is 0 Å². The average Bonchev–Trinajstić information content (AvgIpc) is 3.56. The highest BCUT2D eigenvalue weighted by atomic mass is 19.4. The van der Waals surface area contributed by atoms with Crippen molar-refractivity contribution in [2.45, 2.75) is 18.6 Å². The van der Waals surface area contributed by atoms with Crippen LogP contribution in [0.15, 0.2) is 47.0 Å². The second kappa shape index (κ2) is 7.27. The molecule has 0 aromatic carbocycles. The first-order chi connectivity index (χ1) is 16.4. The summed E-state index contributed by atoms with van der Waals surface area (Å²) in [5.41, 5.74) is 0.985. The minimum Gasteiger partial charge on any atom is -0.403 e. The SMILES string of the molecule is Fc1ncccc1-c1nnc(N2CCc3[nH]c#[n+]c3[C@@H]2c2cc3cccc(C(F)(F)F)n3n2)o1. The summed E-state index contributed by atoms with van der Waals surface area (Å²) in [6, 6.07) is 7.67. The lowest BCUT2D eigenvalue weighted by atomic mass is 10.0. The van der Waals surface area contributed by atoms with Crippen molar-refractivity contribution >= 4 is 11.5 Å². The molecule has 0 amide bonds. The summed E-state index contributed by atoms with van der Waals surface area (Å²) in [4.78, 5) is 12.5. The molecule has 0 unspecified atom stereocenters. The zero-order chi connectivity index (χ0) is 23.4. The molecule has 0 fully saturated rings. The Morgan fingerprint density at radius 2 is 2.06 bits per heavy atom. The van der Waals surface area contributed by atoms with Crippen LogP contribution in [-0.2, 0) is 12.6 Å². The molecule has 1 atom stereocenters. The molecular formula is C21H13F4N8O+. The number of H-pyrrole nitrogens is 1. The van der Waals surface area contributed by atoms with E-state index < -0.39 is 23.9 Å². The summed E-state index contributed by atoms with van der Waals surface area (Å²) >= 11 is 0. The minimum atomic E-state index is -4.59. The maximum atomic E-state index is 14.1. The van der Waals surface area contributed by atoms with E-state index in [1.807, 2.05) is 0 Å². The van der Waals surface area contributed by atoms with Gasteiger partial charge in [-0.15, -0.1) is 5.10 Å². The molecular weight excluding hydrogens is 456 g/mol. The third-order valence-electron chi connectivity index (χ3n) is 5.59. The molecule has 0 bridgehead atoms. The Balaban J connectivity index is 1.47. The van der Waals surface area contributed by atoms with Gasteiger partial charge in [-0.05, 0) is 30.3 Å². The number of hydrogen-bond donors (Lipinski definition) is 1. The maximum absolute atomic E-state index is 14.1. The molecule has 0 saturated heterocycles. The summed E-state index contributed by atoms with van der Waals surface area (Å²) in [5, 5.41) is 12.3. The fraction of sp³-hybridized carbons (Fsp3) is 0.190. The van der Waals surface area contributed by atoms with Gasteiger partial charge in [-0.2, -0.15) is 32.6 Å². The highest BCUT2D eigenvalue weighted by molar-refractivity contribution is 5.55. The molecule has 6 rings (SSSR count). The number of hydrogen-bond acceptors (Lipinski definition) is 6. The van der Waals surface area contributed by atoms with E-state index in [0.717, 1.165) is 16.3 Å². The van der Waals surface area contributed by atoms with E-state index in [4.69, 9.17) is 4.42 Å². The molecule has 170 valence electrons. The number of nitrogens with one attached hydrogen (secondary N) is 1. The van der Waals surface area contributed by atoms with Crippen molar-refractivity contribution in [1.82, 2.24) is 29.8 Å². The Bertz CT molecular complexity index is 1500. The smallest absolute Gasteiger partial charge is 0.403 e. The summed E-state index contributed by atoms with van der Waals surface area (Å²) in [5.74, 6) is -0.842. The van der Waals surface area contributed by atoms with Gasteiger partial charge in [0, 0.05) is 19.2 Å².